The van der Waals surface area contributed by atoms with Crippen molar-refractivity contribution in [3.05, 3.63) is 81.3 Å². The van der Waals surface area contributed by atoms with Gasteiger partial charge in [-0.2, -0.15) is 0 Å². The highest BCUT2D eigenvalue weighted by Crippen LogP contribution is 2.28. The van der Waals surface area contributed by atoms with Gasteiger partial charge in [0.1, 0.15) is 0 Å². The molecule has 4 rings (SSSR count). The van der Waals surface area contributed by atoms with Crippen molar-refractivity contribution in [2.45, 2.75) is 0 Å². The number of hydrogen-bond acceptors (Lipinski definition) is 4. The van der Waals surface area contributed by atoms with Crippen LogP contribution in [-0.2, 0) is 7.05 Å². The topological polar surface area (TPSA) is 102 Å². The quantitative estimate of drug-likeness (QED) is 0.357. The monoisotopic (exact) mass is 497 g/mol. The summed E-state index contributed by atoms with van der Waals surface area (Å²) in [4.78, 5) is 28.7. The second-order valence-electron chi connectivity index (χ2n) is 6.84. The summed E-state index contributed by atoms with van der Waals surface area (Å²) in [6.07, 6.45) is 0. The Labute approximate surface area is 191 Å². The van der Waals surface area contributed by atoms with Gasteiger partial charge in [0.2, 0.25) is 11.9 Å². The van der Waals surface area contributed by atoms with E-state index in [4.69, 9.17) is 17.3 Å². The largest absolute Gasteiger partial charge is 0.366 e. The molecule has 2 amide bonds. The summed E-state index contributed by atoms with van der Waals surface area (Å²) in [5, 5.41) is 6.41. The fourth-order valence-corrected chi connectivity index (χ4v) is 3.51. The lowest BCUT2D eigenvalue weighted by molar-refractivity contribution is 0.0997. The van der Waals surface area contributed by atoms with Crippen LogP contribution in [0.5, 0.6) is 0 Å². The molecule has 7 nitrogen and oxygen atoms in total. The van der Waals surface area contributed by atoms with Gasteiger partial charge in [0, 0.05) is 28.3 Å². The Bertz CT molecular complexity index is 1320. The maximum Gasteiger partial charge on any atom is 0.255 e. The lowest BCUT2D eigenvalue weighted by atomic mass is 10.2. The van der Waals surface area contributed by atoms with Gasteiger partial charge in [0.15, 0.2) is 0 Å². The molecule has 0 saturated carbocycles. The number of aryl methyl sites for hydroxylation is 1. The first-order valence-electron chi connectivity index (χ1n) is 9.21. The van der Waals surface area contributed by atoms with Gasteiger partial charge in [-0.3, -0.25) is 9.59 Å². The number of hydrogen-bond donors (Lipinski definition) is 3. The molecule has 9 heteroatoms. The summed E-state index contributed by atoms with van der Waals surface area (Å²) >= 11 is 9.62. The summed E-state index contributed by atoms with van der Waals surface area (Å²) in [6, 6.07) is 17.3. The van der Waals surface area contributed by atoms with Crippen molar-refractivity contribution in [3.63, 3.8) is 0 Å². The number of amides is 2. The third-order valence-corrected chi connectivity index (χ3v) is 5.60. The molecule has 0 aliphatic carbocycles. The van der Waals surface area contributed by atoms with Gasteiger partial charge in [-0.1, -0.05) is 27.5 Å². The van der Waals surface area contributed by atoms with E-state index in [2.05, 4.69) is 31.5 Å². The van der Waals surface area contributed by atoms with Gasteiger partial charge in [0.25, 0.3) is 5.91 Å². The third kappa shape index (κ3) is 4.40. The van der Waals surface area contributed by atoms with Crippen molar-refractivity contribution >= 4 is 67.7 Å². The lowest BCUT2D eigenvalue weighted by Gasteiger charge is -2.09. The molecule has 156 valence electrons. The van der Waals surface area contributed by atoms with Crippen molar-refractivity contribution in [3.8, 4) is 0 Å². The predicted molar refractivity (Wildman–Crippen MR) is 126 cm³/mol. The number of primary amides is 1. The first kappa shape index (κ1) is 20.9. The number of imidazole rings is 1. The zero-order valence-corrected chi connectivity index (χ0v) is 18.7. The van der Waals surface area contributed by atoms with E-state index in [1.54, 1.807) is 30.3 Å². The molecular weight excluding hydrogens is 482 g/mol. The normalized spacial score (nSPS) is 10.8. The molecule has 0 atom stereocenters. The number of benzene rings is 3. The number of carbonyl (C=O) groups is 2. The molecular formula is C22H17BrClN5O2. The number of carbonyl (C=O) groups excluding carboxylic acids is 2. The Kier molecular flexibility index (Phi) is 5.67. The molecule has 0 saturated heterocycles. The van der Waals surface area contributed by atoms with E-state index in [1.807, 2.05) is 41.9 Å². The van der Waals surface area contributed by atoms with E-state index < -0.39 is 5.91 Å². The number of fused-ring (bicyclic) bond motifs is 1. The van der Waals surface area contributed by atoms with Crippen molar-refractivity contribution < 1.29 is 9.59 Å². The van der Waals surface area contributed by atoms with Crippen molar-refractivity contribution in [1.82, 2.24) is 9.55 Å². The summed E-state index contributed by atoms with van der Waals surface area (Å²) < 4.78 is 2.76. The minimum Gasteiger partial charge on any atom is -0.366 e. The smallest absolute Gasteiger partial charge is 0.255 e. The minimum atomic E-state index is -0.550. The average molecular weight is 499 g/mol. The molecule has 0 aliphatic heterocycles. The Balaban J connectivity index is 1.62. The molecule has 0 fully saturated rings. The Hall–Kier alpha value is -3.36. The van der Waals surface area contributed by atoms with Crippen LogP contribution in [-0.4, -0.2) is 21.4 Å². The lowest BCUT2D eigenvalue weighted by Crippen LogP contribution is -2.11. The highest BCUT2D eigenvalue weighted by molar-refractivity contribution is 9.10. The standard InChI is InChI=1S/C22H17BrClN5O2/c1-29-19-9-3-13(21(31)26-15-6-4-14(23)5-7-15)11-18(19)28-22(29)27-17-10-12(20(25)30)2-8-16(17)24/h2-11H,1H3,(H2,25,30)(H,26,31)(H,27,28). The molecule has 0 bridgehead atoms. The van der Waals surface area contributed by atoms with E-state index >= 15 is 0 Å². The van der Waals surface area contributed by atoms with Crippen LogP contribution in [0.25, 0.3) is 11.0 Å². The zero-order valence-electron chi connectivity index (χ0n) is 16.3. The molecule has 1 heterocycles. The first-order valence-corrected chi connectivity index (χ1v) is 10.4. The molecule has 4 aromatic rings. The van der Waals surface area contributed by atoms with E-state index in [1.165, 1.54) is 0 Å². The van der Waals surface area contributed by atoms with Gasteiger partial charge < -0.3 is 20.9 Å². The van der Waals surface area contributed by atoms with Crippen LogP contribution in [0.15, 0.2) is 65.1 Å². The van der Waals surface area contributed by atoms with Crippen molar-refractivity contribution in [2.75, 3.05) is 10.6 Å². The molecule has 0 spiro atoms. The molecule has 0 unspecified atom stereocenters. The first-order chi connectivity index (χ1) is 14.8. The van der Waals surface area contributed by atoms with Gasteiger partial charge in [-0.15, -0.1) is 0 Å². The number of halogens is 2. The van der Waals surface area contributed by atoms with E-state index in [0.717, 1.165) is 9.99 Å². The molecule has 1 aromatic heterocycles. The van der Waals surface area contributed by atoms with E-state index in [-0.39, 0.29) is 5.91 Å². The number of rotatable bonds is 5. The second kappa shape index (κ2) is 8.41. The van der Waals surface area contributed by atoms with Crippen LogP contribution >= 0.6 is 27.5 Å². The Morgan fingerprint density at radius 2 is 1.74 bits per heavy atom. The zero-order chi connectivity index (χ0) is 22.1. The third-order valence-electron chi connectivity index (χ3n) is 4.74. The maximum absolute atomic E-state index is 12.6. The van der Waals surface area contributed by atoms with Crippen LogP contribution in [0, 0.1) is 0 Å². The van der Waals surface area contributed by atoms with E-state index in [9.17, 15) is 9.59 Å². The van der Waals surface area contributed by atoms with Gasteiger partial charge in [-0.25, -0.2) is 4.98 Å². The molecule has 31 heavy (non-hydrogen) atoms. The number of anilines is 3. The number of nitrogens with one attached hydrogen (secondary N) is 2. The Morgan fingerprint density at radius 1 is 1.03 bits per heavy atom. The van der Waals surface area contributed by atoms with Crippen LogP contribution in [0.1, 0.15) is 20.7 Å². The fourth-order valence-electron chi connectivity index (χ4n) is 3.08. The van der Waals surface area contributed by atoms with Crippen molar-refractivity contribution in [1.29, 1.82) is 0 Å². The number of nitrogens with two attached hydrogens (primary N) is 1. The van der Waals surface area contributed by atoms with Crippen LogP contribution in [0.4, 0.5) is 17.3 Å². The number of aromatic nitrogens is 2. The fraction of sp³-hybridized carbons (Fsp3) is 0.0455. The van der Waals surface area contributed by atoms with Crippen LogP contribution < -0.4 is 16.4 Å². The van der Waals surface area contributed by atoms with Gasteiger partial charge in [-0.05, 0) is 60.7 Å². The summed E-state index contributed by atoms with van der Waals surface area (Å²) in [7, 11) is 1.84. The van der Waals surface area contributed by atoms with Gasteiger partial charge in [0.05, 0.1) is 21.7 Å². The average Bonchev–Trinajstić information content (AvgIpc) is 3.06. The second-order valence-corrected chi connectivity index (χ2v) is 8.17. The SMILES string of the molecule is Cn1c(Nc2cc(C(N)=O)ccc2Cl)nc2cc(C(=O)Nc3ccc(Br)cc3)ccc21. The number of nitrogens with zero attached hydrogens (tertiary/aromatic N) is 2. The summed E-state index contributed by atoms with van der Waals surface area (Å²) in [5.74, 6) is -0.281. The Morgan fingerprint density at radius 3 is 2.45 bits per heavy atom. The van der Waals surface area contributed by atoms with Gasteiger partial charge >= 0.3 is 0 Å². The minimum absolute atomic E-state index is 0.235. The highest BCUT2D eigenvalue weighted by atomic mass is 79.9. The van der Waals surface area contributed by atoms with Crippen LogP contribution in [0.3, 0.4) is 0 Å². The van der Waals surface area contributed by atoms with E-state index in [0.29, 0.717) is 39.0 Å². The summed E-state index contributed by atoms with van der Waals surface area (Å²) in [5.41, 5.74) is 8.82. The molecule has 3 aromatic carbocycles. The van der Waals surface area contributed by atoms with Crippen LogP contribution in [0.2, 0.25) is 5.02 Å². The summed E-state index contributed by atoms with van der Waals surface area (Å²) in [6.45, 7) is 0. The molecule has 0 radical (unpaired) electrons. The van der Waals surface area contributed by atoms with Crippen molar-refractivity contribution in [2.24, 2.45) is 12.8 Å². The predicted octanol–water partition coefficient (Wildman–Crippen LogP) is 5.08. The molecule has 0 aliphatic rings. The maximum atomic E-state index is 12.6. The highest BCUT2D eigenvalue weighted by Gasteiger charge is 2.14. The molecule has 4 N–H and O–H groups in total.